The van der Waals surface area contributed by atoms with Gasteiger partial charge in [0.1, 0.15) is 12.9 Å². The number of carbonyl (C=O) groups excluding carboxylic acids is 1. The van der Waals surface area contributed by atoms with Crippen molar-refractivity contribution in [3.63, 3.8) is 0 Å². The number of hydrogen-bond donors (Lipinski definition) is 1. The fourth-order valence-corrected chi connectivity index (χ4v) is 1.83. The molecule has 0 amide bonds. The van der Waals surface area contributed by atoms with E-state index in [4.69, 9.17) is 9.16 Å². The Hall–Kier alpha value is -0.233. The quantitative estimate of drug-likeness (QED) is 0.230. The summed E-state index contributed by atoms with van der Waals surface area (Å²) in [5, 5.41) is 3.11. The summed E-state index contributed by atoms with van der Waals surface area (Å²) in [6, 6.07) is 1.23. The van der Waals surface area contributed by atoms with E-state index in [-0.39, 0.29) is 16.4 Å². The molecule has 0 heterocycles. The monoisotopic (exact) mass is 233 g/mol. The molecule has 0 atom stereocenters. The van der Waals surface area contributed by atoms with Crippen LogP contribution in [-0.2, 0) is 14.0 Å². The maximum absolute atomic E-state index is 9.90. The van der Waals surface area contributed by atoms with Crippen LogP contribution in [-0.4, -0.2) is 42.5 Å². The maximum Gasteiger partial charge on any atom is 0.161 e. The molecule has 5 heteroatoms. The van der Waals surface area contributed by atoms with E-state index in [1.165, 1.54) is 12.5 Å². The summed E-state index contributed by atoms with van der Waals surface area (Å²) < 4.78 is 10.4. The van der Waals surface area contributed by atoms with E-state index in [1.807, 2.05) is 0 Å². The third-order valence-electron chi connectivity index (χ3n) is 1.88. The SMILES string of the molecule is CC[SiH2]OCCCCCNCOCC=O. The van der Waals surface area contributed by atoms with Crippen LogP contribution < -0.4 is 5.32 Å². The Balaban J connectivity index is 2.83. The molecule has 90 valence electrons. The minimum atomic E-state index is -0.201. The summed E-state index contributed by atoms with van der Waals surface area (Å²) in [4.78, 5) is 9.90. The second-order valence-electron chi connectivity index (χ2n) is 3.35. The Bertz CT molecular complexity index is 136. The van der Waals surface area contributed by atoms with E-state index in [0.29, 0.717) is 6.73 Å². The predicted molar refractivity (Wildman–Crippen MR) is 63.7 cm³/mol. The molecule has 0 aromatic rings. The molecule has 0 aliphatic rings. The van der Waals surface area contributed by atoms with Gasteiger partial charge in [-0.1, -0.05) is 6.92 Å². The lowest BCUT2D eigenvalue weighted by Crippen LogP contribution is -2.19. The molecule has 0 fully saturated rings. The van der Waals surface area contributed by atoms with Gasteiger partial charge in [-0.2, -0.15) is 0 Å². The first-order valence-electron chi connectivity index (χ1n) is 5.71. The largest absolute Gasteiger partial charge is 0.424 e. The van der Waals surface area contributed by atoms with E-state index in [1.54, 1.807) is 0 Å². The molecule has 0 aliphatic heterocycles. The minimum Gasteiger partial charge on any atom is -0.424 e. The highest BCUT2D eigenvalue weighted by Crippen LogP contribution is 1.94. The Morgan fingerprint density at radius 2 is 2.20 bits per heavy atom. The molecule has 0 aromatic heterocycles. The predicted octanol–water partition coefficient (Wildman–Crippen LogP) is 0.458. The zero-order valence-corrected chi connectivity index (χ0v) is 11.1. The van der Waals surface area contributed by atoms with E-state index in [2.05, 4.69) is 12.2 Å². The standard InChI is InChI=1S/C10H23NO3Si/c1-2-15-14-8-5-3-4-6-11-10-13-9-7-12/h7,11H,2-6,8-10,15H2,1H3. The van der Waals surface area contributed by atoms with Crippen molar-refractivity contribution in [2.45, 2.75) is 32.2 Å². The number of hydrogen-bond acceptors (Lipinski definition) is 4. The van der Waals surface area contributed by atoms with Gasteiger partial charge < -0.3 is 14.0 Å². The van der Waals surface area contributed by atoms with E-state index >= 15 is 0 Å². The molecule has 0 aliphatic carbocycles. The van der Waals surface area contributed by atoms with Gasteiger partial charge >= 0.3 is 0 Å². The van der Waals surface area contributed by atoms with Crippen molar-refractivity contribution in [3.05, 3.63) is 0 Å². The number of aldehydes is 1. The van der Waals surface area contributed by atoms with Gasteiger partial charge in [0.2, 0.25) is 0 Å². The maximum atomic E-state index is 9.90. The molecule has 0 unspecified atom stereocenters. The van der Waals surface area contributed by atoms with E-state index < -0.39 is 0 Å². The molecule has 0 spiro atoms. The van der Waals surface area contributed by atoms with Crippen molar-refractivity contribution in [1.29, 1.82) is 0 Å². The highest BCUT2D eigenvalue weighted by Gasteiger charge is 1.90. The number of rotatable bonds is 12. The van der Waals surface area contributed by atoms with Gasteiger partial charge in [-0.3, -0.25) is 5.32 Å². The molecular formula is C10H23NO3Si. The summed E-state index contributed by atoms with van der Waals surface area (Å²) in [7, 11) is -0.201. The zero-order valence-electron chi connectivity index (χ0n) is 9.67. The first-order valence-corrected chi connectivity index (χ1v) is 7.29. The molecule has 0 radical (unpaired) electrons. The van der Waals surface area contributed by atoms with Gasteiger partial charge in [0.15, 0.2) is 9.76 Å². The number of carbonyl (C=O) groups is 1. The normalized spacial score (nSPS) is 11.3. The average Bonchev–Trinajstić information content (AvgIpc) is 2.26. The summed E-state index contributed by atoms with van der Waals surface area (Å²) in [6.45, 7) is 4.71. The number of nitrogens with one attached hydrogen (secondary N) is 1. The highest BCUT2D eigenvalue weighted by molar-refractivity contribution is 6.26. The lowest BCUT2D eigenvalue weighted by Gasteiger charge is -2.04. The van der Waals surface area contributed by atoms with Crippen LogP contribution in [0.5, 0.6) is 0 Å². The third kappa shape index (κ3) is 13.8. The van der Waals surface area contributed by atoms with Crippen LogP contribution in [0.2, 0.25) is 6.04 Å². The smallest absolute Gasteiger partial charge is 0.161 e. The van der Waals surface area contributed by atoms with Crippen LogP contribution in [0.15, 0.2) is 0 Å². The fraction of sp³-hybridized carbons (Fsp3) is 0.900. The Kier molecular flexibility index (Phi) is 13.6. The third-order valence-corrected chi connectivity index (χ3v) is 2.87. The summed E-state index contributed by atoms with van der Waals surface area (Å²) in [5.74, 6) is 0. The van der Waals surface area contributed by atoms with E-state index in [0.717, 1.165) is 32.3 Å². The van der Waals surface area contributed by atoms with E-state index in [9.17, 15) is 4.79 Å². The molecule has 0 aromatic carbocycles. The van der Waals surface area contributed by atoms with Crippen LogP contribution in [0.3, 0.4) is 0 Å². The van der Waals surface area contributed by atoms with Crippen molar-refractivity contribution in [2.75, 3.05) is 26.5 Å². The van der Waals surface area contributed by atoms with Gasteiger partial charge in [-0.15, -0.1) is 0 Å². The summed E-state index contributed by atoms with van der Waals surface area (Å²) in [6.07, 6.45) is 4.25. The second-order valence-corrected chi connectivity index (χ2v) is 5.17. The van der Waals surface area contributed by atoms with Crippen molar-refractivity contribution >= 4 is 16.0 Å². The Morgan fingerprint density at radius 1 is 1.33 bits per heavy atom. The lowest BCUT2D eigenvalue weighted by molar-refractivity contribution is -0.112. The Morgan fingerprint density at radius 3 is 2.93 bits per heavy atom. The second kappa shape index (κ2) is 13.8. The highest BCUT2D eigenvalue weighted by atomic mass is 28.2. The molecule has 1 N–H and O–H groups in total. The number of unbranched alkanes of at least 4 members (excludes halogenated alkanes) is 2. The van der Waals surface area contributed by atoms with Crippen LogP contribution in [0.1, 0.15) is 26.2 Å². The first kappa shape index (κ1) is 14.8. The summed E-state index contributed by atoms with van der Waals surface area (Å²) >= 11 is 0. The van der Waals surface area contributed by atoms with Crippen LogP contribution >= 0.6 is 0 Å². The van der Waals surface area contributed by atoms with Crippen molar-refractivity contribution in [3.8, 4) is 0 Å². The van der Waals surface area contributed by atoms with Gasteiger partial charge in [0, 0.05) is 6.61 Å². The van der Waals surface area contributed by atoms with Crippen molar-refractivity contribution < 1.29 is 14.0 Å². The molecule has 0 saturated heterocycles. The molecule has 0 rings (SSSR count). The Labute approximate surface area is 94.7 Å². The lowest BCUT2D eigenvalue weighted by atomic mass is 10.2. The van der Waals surface area contributed by atoms with Crippen molar-refractivity contribution in [2.24, 2.45) is 0 Å². The fourth-order valence-electron chi connectivity index (χ4n) is 1.13. The average molecular weight is 233 g/mol. The van der Waals surface area contributed by atoms with Gasteiger partial charge in [0.05, 0.1) is 6.73 Å². The topological polar surface area (TPSA) is 47.6 Å². The minimum absolute atomic E-state index is 0.183. The summed E-state index contributed by atoms with van der Waals surface area (Å²) in [5.41, 5.74) is 0. The van der Waals surface area contributed by atoms with Gasteiger partial charge in [-0.25, -0.2) is 0 Å². The van der Waals surface area contributed by atoms with Gasteiger partial charge in [0.25, 0.3) is 0 Å². The van der Waals surface area contributed by atoms with Crippen molar-refractivity contribution in [1.82, 2.24) is 5.32 Å². The molecule has 0 bridgehead atoms. The first-order chi connectivity index (χ1) is 7.41. The van der Waals surface area contributed by atoms with Gasteiger partial charge in [-0.05, 0) is 31.9 Å². The molecule has 4 nitrogen and oxygen atoms in total. The molecule has 0 saturated carbocycles. The number of ether oxygens (including phenoxy) is 1. The van der Waals surface area contributed by atoms with Crippen LogP contribution in [0.25, 0.3) is 0 Å². The molecular weight excluding hydrogens is 210 g/mol. The molecule has 15 heavy (non-hydrogen) atoms. The zero-order chi connectivity index (χ0) is 11.2. The van der Waals surface area contributed by atoms with Crippen LogP contribution in [0, 0.1) is 0 Å². The van der Waals surface area contributed by atoms with Crippen LogP contribution in [0.4, 0.5) is 0 Å².